The van der Waals surface area contributed by atoms with E-state index in [2.05, 4.69) is 5.32 Å². The van der Waals surface area contributed by atoms with E-state index in [-0.39, 0.29) is 18.7 Å². The number of anilines is 2. The minimum absolute atomic E-state index is 0.00471. The number of rotatable bonds is 5. The summed E-state index contributed by atoms with van der Waals surface area (Å²) in [7, 11) is 0. The van der Waals surface area contributed by atoms with Crippen molar-refractivity contribution in [3.8, 4) is 5.75 Å². The van der Waals surface area contributed by atoms with Crippen molar-refractivity contribution in [2.45, 2.75) is 6.42 Å². The quantitative estimate of drug-likeness (QED) is 0.833. The fourth-order valence-electron chi connectivity index (χ4n) is 1.68. The van der Waals surface area contributed by atoms with Crippen LogP contribution in [0.1, 0.15) is 6.42 Å². The standard InChI is InChI=1S/C15H14F2N2O2/c16-12-5-2-6-13(15(12)17)19-14(20)7-8-21-11-4-1-3-10(18)9-11/h1-6,9H,7-8,18H2,(H,19,20). The first-order valence-corrected chi connectivity index (χ1v) is 6.28. The molecule has 2 aromatic carbocycles. The number of nitrogen functional groups attached to an aromatic ring is 1. The van der Waals surface area contributed by atoms with Gasteiger partial charge in [-0.15, -0.1) is 0 Å². The van der Waals surface area contributed by atoms with Crippen LogP contribution in [0.5, 0.6) is 5.75 Å². The average molecular weight is 292 g/mol. The van der Waals surface area contributed by atoms with Gasteiger partial charge in [-0.1, -0.05) is 12.1 Å². The lowest BCUT2D eigenvalue weighted by atomic mass is 10.3. The Balaban J connectivity index is 1.84. The molecule has 2 aromatic rings. The summed E-state index contributed by atoms with van der Waals surface area (Å²) in [6.07, 6.45) is 0.00471. The summed E-state index contributed by atoms with van der Waals surface area (Å²) in [6.45, 7) is 0.103. The van der Waals surface area contributed by atoms with Crippen LogP contribution in [-0.2, 0) is 4.79 Å². The van der Waals surface area contributed by atoms with E-state index < -0.39 is 17.5 Å². The maximum Gasteiger partial charge on any atom is 0.227 e. The summed E-state index contributed by atoms with van der Waals surface area (Å²) < 4.78 is 31.7. The lowest BCUT2D eigenvalue weighted by molar-refractivity contribution is -0.116. The molecule has 1 amide bonds. The molecule has 110 valence electrons. The monoisotopic (exact) mass is 292 g/mol. The van der Waals surface area contributed by atoms with Crippen molar-refractivity contribution in [2.75, 3.05) is 17.7 Å². The largest absolute Gasteiger partial charge is 0.493 e. The molecule has 0 heterocycles. The number of hydrogen-bond donors (Lipinski definition) is 2. The van der Waals surface area contributed by atoms with Crippen LogP contribution in [0, 0.1) is 11.6 Å². The smallest absolute Gasteiger partial charge is 0.227 e. The highest BCUT2D eigenvalue weighted by Crippen LogP contribution is 2.17. The molecule has 0 atom stereocenters. The number of carbonyl (C=O) groups excluding carboxylic acids is 1. The predicted molar refractivity (Wildman–Crippen MR) is 76.0 cm³/mol. The molecule has 21 heavy (non-hydrogen) atoms. The second kappa shape index (κ2) is 6.69. The number of nitrogens with two attached hydrogens (primary N) is 1. The van der Waals surface area contributed by atoms with E-state index in [0.717, 1.165) is 6.07 Å². The topological polar surface area (TPSA) is 64.3 Å². The summed E-state index contributed by atoms with van der Waals surface area (Å²) in [5.74, 6) is -2.02. The molecule has 2 rings (SSSR count). The molecule has 0 saturated heterocycles. The Bertz CT molecular complexity index is 647. The van der Waals surface area contributed by atoms with E-state index >= 15 is 0 Å². The van der Waals surface area contributed by atoms with Crippen LogP contribution in [0.15, 0.2) is 42.5 Å². The zero-order valence-electron chi connectivity index (χ0n) is 11.1. The third-order valence-corrected chi connectivity index (χ3v) is 2.68. The second-order valence-electron chi connectivity index (χ2n) is 4.32. The van der Waals surface area contributed by atoms with Gasteiger partial charge >= 0.3 is 0 Å². The van der Waals surface area contributed by atoms with Crippen molar-refractivity contribution in [1.29, 1.82) is 0 Å². The molecular formula is C15H14F2N2O2. The van der Waals surface area contributed by atoms with Crippen LogP contribution < -0.4 is 15.8 Å². The van der Waals surface area contributed by atoms with Crippen molar-refractivity contribution in [3.63, 3.8) is 0 Å². The minimum Gasteiger partial charge on any atom is -0.493 e. The Kier molecular flexibility index (Phi) is 4.71. The highest BCUT2D eigenvalue weighted by molar-refractivity contribution is 5.90. The van der Waals surface area contributed by atoms with Crippen LogP contribution in [0.3, 0.4) is 0 Å². The van der Waals surface area contributed by atoms with Crippen LogP contribution >= 0.6 is 0 Å². The minimum atomic E-state index is -1.08. The van der Waals surface area contributed by atoms with E-state index in [9.17, 15) is 13.6 Å². The molecule has 0 aliphatic heterocycles. The zero-order valence-corrected chi connectivity index (χ0v) is 11.1. The summed E-state index contributed by atoms with van der Waals surface area (Å²) in [5, 5.41) is 2.29. The van der Waals surface area contributed by atoms with Crippen molar-refractivity contribution in [3.05, 3.63) is 54.1 Å². The first-order chi connectivity index (χ1) is 10.1. The summed E-state index contributed by atoms with van der Waals surface area (Å²) in [6, 6.07) is 10.4. The number of benzene rings is 2. The first kappa shape index (κ1) is 14.8. The van der Waals surface area contributed by atoms with Gasteiger partial charge in [0, 0.05) is 11.8 Å². The Morgan fingerprint density at radius 1 is 1.19 bits per heavy atom. The first-order valence-electron chi connectivity index (χ1n) is 6.28. The molecule has 0 aliphatic rings. The molecule has 0 saturated carbocycles. The number of hydrogen-bond acceptors (Lipinski definition) is 3. The maximum atomic E-state index is 13.4. The van der Waals surface area contributed by atoms with Crippen molar-refractivity contribution in [2.24, 2.45) is 0 Å². The van der Waals surface area contributed by atoms with E-state index in [1.807, 2.05) is 0 Å². The molecule has 0 aromatic heterocycles. The Morgan fingerprint density at radius 3 is 2.71 bits per heavy atom. The van der Waals surface area contributed by atoms with Gasteiger partial charge < -0.3 is 15.8 Å². The molecule has 3 N–H and O–H groups in total. The number of ether oxygens (including phenoxy) is 1. The maximum absolute atomic E-state index is 13.4. The van der Waals surface area contributed by atoms with Gasteiger partial charge in [0.25, 0.3) is 0 Å². The number of carbonyl (C=O) groups is 1. The number of amides is 1. The molecule has 6 heteroatoms. The molecule has 0 fully saturated rings. The normalized spacial score (nSPS) is 10.2. The molecule has 0 radical (unpaired) electrons. The van der Waals surface area contributed by atoms with Crippen LogP contribution in [0.25, 0.3) is 0 Å². The van der Waals surface area contributed by atoms with E-state index in [1.165, 1.54) is 12.1 Å². The Morgan fingerprint density at radius 2 is 1.95 bits per heavy atom. The highest BCUT2D eigenvalue weighted by atomic mass is 19.2. The predicted octanol–water partition coefficient (Wildman–Crippen LogP) is 2.95. The van der Waals surface area contributed by atoms with Gasteiger partial charge in [0.2, 0.25) is 5.91 Å². The molecule has 0 bridgehead atoms. The van der Waals surface area contributed by atoms with Gasteiger partial charge in [-0.05, 0) is 24.3 Å². The molecular weight excluding hydrogens is 278 g/mol. The van der Waals surface area contributed by atoms with E-state index in [4.69, 9.17) is 10.5 Å². The van der Waals surface area contributed by atoms with Crippen LogP contribution in [0.4, 0.5) is 20.2 Å². The van der Waals surface area contributed by atoms with Gasteiger partial charge in [-0.25, -0.2) is 8.78 Å². The molecule has 4 nitrogen and oxygen atoms in total. The average Bonchev–Trinajstić information content (AvgIpc) is 2.44. The van der Waals surface area contributed by atoms with E-state index in [0.29, 0.717) is 11.4 Å². The highest BCUT2D eigenvalue weighted by Gasteiger charge is 2.10. The van der Waals surface area contributed by atoms with Crippen molar-refractivity contribution >= 4 is 17.3 Å². The number of halogens is 2. The Labute approximate surface area is 120 Å². The van der Waals surface area contributed by atoms with Gasteiger partial charge in [0.15, 0.2) is 11.6 Å². The fourth-order valence-corrected chi connectivity index (χ4v) is 1.68. The second-order valence-corrected chi connectivity index (χ2v) is 4.32. The zero-order chi connectivity index (χ0) is 15.2. The SMILES string of the molecule is Nc1cccc(OCCC(=O)Nc2cccc(F)c2F)c1. The van der Waals surface area contributed by atoms with E-state index in [1.54, 1.807) is 24.3 Å². The van der Waals surface area contributed by atoms with Gasteiger partial charge in [0.1, 0.15) is 5.75 Å². The summed E-state index contributed by atoms with van der Waals surface area (Å²) in [4.78, 5) is 11.6. The summed E-state index contributed by atoms with van der Waals surface area (Å²) in [5.41, 5.74) is 5.95. The fraction of sp³-hybridized carbons (Fsp3) is 0.133. The van der Waals surface area contributed by atoms with Crippen LogP contribution in [0.2, 0.25) is 0 Å². The summed E-state index contributed by atoms with van der Waals surface area (Å²) >= 11 is 0. The lowest BCUT2D eigenvalue weighted by Crippen LogP contribution is -2.16. The number of nitrogens with one attached hydrogen (secondary N) is 1. The Hall–Kier alpha value is -2.63. The third kappa shape index (κ3) is 4.17. The third-order valence-electron chi connectivity index (χ3n) is 2.68. The lowest BCUT2D eigenvalue weighted by Gasteiger charge is -2.08. The van der Waals surface area contributed by atoms with Gasteiger partial charge in [-0.3, -0.25) is 4.79 Å². The molecule has 0 aliphatic carbocycles. The van der Waals surface area contributed by atoms with Gasteiger partial charge in [0.05, 0.1) is 18.7 Å². The van der Waals surface area contributed by atoms with Crippen molar-refractivity contribution < 1.29 is 18.3 Å². The van der Waals surface area contributed by atoms with Crippen LogP contribution in [-0.4, -0.2) is 12.5 Å². The van der Waals surface area contributed by atoms with Crippen molar-refractivity contribution in [1.82, 2.24) is 0 Å². The molecule has 0 unspecified atom stereocenters. The molecule has 0 spiro atoms. The van der Waals surface area contributed by atoms with Gasteiger partial charge in [-0.2, -0.15) is 0 Å².